The Balaban J connectivity index is 1.83. The summed E-state index contributed by atoms with van der Waals surface area (Å²) in [7, 11) is -1.65. The lowest BCUT2D eigenvalue weighted by molar-refractivity contribution is 0.302. The lowest BCUT2D eigenvalue weighted by Gasteiger charge is -2.37. The minimum Gasteiger partial charge on any atom is -0.413 e. The summed E-state index contributed by atoms with van der Waals surface area (Å²) in [6.45, 7) is 12.3. The van der Waals surface area contributed by atoms with Gasteiger partial charge in [-0.25, -0.2) is 5.32 Å². The van der Waals surface area contributed by atoms with Crippen molar-refractivity contribution in [3.8, 4) is 0 Å². The van der Waals surface area contributed by atoms with Crippen LogP contribution in [-0.2, 0) is 4.43 Å². The third-order valence-corrected chi connectivity index (χ3v) is 9.78. The van der Waals surface area contributed by atoms with Crippen molar-refractivity contribution in [3.63, 3.8) is 0 Å². The van der Waals surface area contributed by atoms with Crippen LogP contribution in [0.25, 0.3) is 0 Å². The summed E-state index contributed by atoms with van der Waals surface area (Å²) in [6, 6.07) is 0. The molecule has 22 heavy (non-hydrogen) atoms. The highest BCUT2D eigenvalue weighted by Gasteiger charge is 2.37. The molecule has 1 aliphatic carbocycles. The van der Waals surface area contributed by atoms with Gasteiger partial charge in [0.25, 0.3) is 0 Å². The molecular weight excluding hydrogens is 308 g/mol. The molecule has 0 spiro atoms. The fourth-order valence-corrected chi connectivity index (χ4v) is 3.76. The quantitative estimate of drug-likeness (QED) is 0.457. The monoisotopic (exact) mass is 337 g/mol. The molecule has 0 amide bonds. The van der Waals surface area contributed by atoms with Gasteiger partial charge in [-0.2, -0.15) is 0 Å². The van der Waals surface area contributed by atoms with Crippen molar-refractivity contribution >= 4 is 25.6 Å². The number of allylic oxidation sites excluding steroid dienone is 2. The van der Waals surface area contributed by atoms with Crippen LogP contribution in [0.3, 0.4) is 0 Å². The second-order valence-electron chi connectivity index (χ2n) is 7.96. The van der Waals surface area contributed by atoms with Crippen molar-refractivity contribution < 1.29 is 4.43 Å². The minimum absolute atomic E-state index is 0.274. The van der Waals surface area contributed by atoms with Gasteiger partial charge in [-0.1, -0.05) is 26.8 Å². The molecule has 1 N–H and O–H groups in total. The van der Waals surface area contributed by atoms with Crippen molar-refractivity contribution in [1.82, 2.24) is 10.6 Å². The second-order valence-corrected chi connectivity index (χ2v) is 13.2. The van der Waals surface area contributed by atoms with E-state index in [4.69, 9.17) is 16.6 Å². The number of hydrogen-bond donors (Lipinski definition) is 1. The Hall–Kier alpha value is -0.653. The first-order valence-corrected chi connectivity index (χ1v) is 11.5. The maximum atomic E-state index is 6.37. The maximum Gasteiger partial charge on any atom is 0.197 e. The Labute approximate surface area is 141 Å². The molecule has 0 saturated heterocycles. The van der Waals surface area contributed by atoms with Gasteiger partial charge in [0.1, 0.15) is 0 Å². The molecule has 0 saturated carbocycles. The zero-order valence-corrected chi connectivity index (χ0v) is 16.3. The van der Waals surface area contributed by atoms with E-state index in [1.807, 2.05) is 6.20 Å². The van der Waals surface area contributed by atoms with Crippen LogP contribution in [-0.4, -0.2) is 20.0 Å². The van der Waals surface area contributed by atoms with E-state index < -0.39 is 8.32 Å². The third kappa shape index (κ3) is 4.67. The number of nitrogens with one attached hydrogen (secondary N) is 1. The molecular formula is C17H29N2OSSi. The van der Waals surface area contributed by atoms with Crippen LogP contribution in [0.1, 0.15) is 46.5 Å². The molecule has 1 aliphatic heterocycles. The SMILES string of the molecule is CC(C)(C)[Si](C)(C)OCC1=CCCC(CC2=CNC(=S)[N]2)C1. The van der Waals surface area contributed by atoms with Gasteiger partial charge in [0, 0.05) is 6.20 Å². The number of hydrogen-bond acceptors (Lipinski definition) is 2. The van der Waals surface area contributed by atoms with E-state index in [1.54, 1.807) is 0 Å². The van der Waals surface area contributed by atoms with Crippen molar-refractivity contribution in [2.24, 2.45) is 5.92 Å². The Bertz CT molecular complexity index is 491. The molecule has 0 aromatic carbocycles. The van der Waals surface area contributed by atoms with Crippen LogP contribution in [0, 0.1) is 5.92 Å². The lowest BCUT2D eigenvalue weighted by atomic mass is 9.86. The zero-order chi connectivity index (χ0) is 16.4. The Kier molecular flexibility index (Phi) is 5.51. The topological polar surface area (TPSA) is 35.4 Å². The van der Waals surface area contributed by atoms with Crippen LogP contribution >= 0.6 is 12.2 Å². The predicted octanol–water partition coefficient (Wildman–Crippen LogP) is 4.46. The van der Waals surface area contributed by atoms with E-state index in [1.165, 1.54) is 12.0 Å². The largest absolute Gasteiger partial charge is 0.413 e. The van der Waals surface area contributed by atoms with E-state index in [2.05, 4.69) is 50.6 Å². The number of thiocarbonyl (C=S) groups is 1. The lowest BCUT2D eigenvalue weighted by Crippen LogP contribution is -2.41. The van der Waals surface area contributed by atoms with E-state index in [0.717, 1.165) is 31.6 Å². The van der Waals surface area contributed by atoms with Crippen LogP contribution in [0.5, 0.6) is 0 Å². The maximum absolute atomic E-state index is 6.37. The molecule has 1 radical (unpaired) electrons. The van der Waals surface area contributed by atoms with E-state index in [9.17, 15) is 0 Å². The molecule has 3 nitrogen and oxygen atoms in total. The van der Waals surface area contributed by atoms with Gasteiger partial charge >= 0.3 is 0 Å². The summed E-state index contributed by atoms with van der Waals surface area (Å²) in [4.78, 5) is 0. The highest BCUT2D eigenvalue weighted by molar-refractivity contribution is 7.80. The third-order valence-electron chi connectivity index (χ3n) is 5.09. The minimum atomic E-state index is -1.65. The summed E-state index contributed by atoms with van der Waals surface area (Å²) in [6.07, 6.45) is 8.88. The van der Waals surface area contributed by atoms with Crippen molar-refractivity contribution in [1.29, 1.82) is 0 Å². The van der Waals surface area contributed by atoms with Crippen molar-refractivity contribution in [3.05, 3.63) is 23.5 Å². The smallest absolute Gasteiger partial charge is 0.197 e. The zero-order valence-electron chi connectivity index (χ0n) is 14.5. The van der Waals surface area contributed by atoms with Gasteiger partial charge in [0.2, 0.25) is 0 Å². The van der Waals surface area contributed by atoms with Crippen LogP contribution in [0.15, 0.2) is 23.5 Å². The molecule has 1 heterocycles. The first-order valence-electron chi connectivity index (χ1n) is 8.20. The number of rotatable bonds is 5. The molecule has 1 atom stereocenters. The predicted molar refractivity (Wildman–Crippen MR) is 99.1 cm³/mol. The fraction of sp³-hybridized carbons (Fsp3) is 0.706. The van der Waals surface area contributed by atoms with E-state index >= 15 is 0 Å². The van der Waals surface area contributed by atoms with E-state index in [0.29, 0.717) is 11.0 Å². The molecule has 2 aliphatic rings. The molecule has 0 aromatic heterocycles. The average molecular weight is 338 g/mol. The summed E-state index contributed by atoms with van der Waals surface area (Å²) in [5.74, 6) is 0.667. The first kappa shape index (κ1) is 17.7. The summed E-state index contributed by atoms with van der Waals surface area (Å²) >= 11 is 5.05. The molecule has 0 aromatic rings. The van der Waals surface area contributed by atoms with Crippen molar-refractivity contribution in [2.45, 2.75) is 64.6 Å². The van der Waals surface area contributed by atoms with Gasteiger partial charge < -0.3 is 9.74 Å². The Morgan fingerprint density at radius 2 is 2.14 bits per heavy atom. The Morgan fingerprint density at radius 3 is 2.73 bits per heavy atom. The Morgan fingerprint density at radius 1 is 1.41 bits per heavy atom. The normalized spacial score (nSPS) is 22.8. The molecule has 2 rings (SSSR count). The van der Waals surface area contributed by atoms with Crippen LogP contribution < -0.4 is 10.6 Å². The summed E-state index contributed by atoms with van der Waals surface area (Å²) in [5.41, 5.74) is 2.57. The second kappa shape index (κ2) is 6.85. The van der Waals surface area contributed by atoms with E-state index in [-0.39, 0.29) is 5.04 Å². The van der Waals surface area contributed by atoms with Crippen LogP contribution in [0.2, 0.25) is 18.1 Å². The van der Waals surface area contributed by atoms with Gasteiger partial charge in [0.15, 0.2) is 13.4 Å². The molecule has 0 fully saturated rings. The average Bonchev–Trinajstić information content (AvgIpc) is 2.81. The molecule has 5 heteroatoms. The van der Waals surface area contributed by atoms with Gasteiger partial charge in [-0.3, -0.25) is 0 Å². The molecule has 1 unspecified atom stereocenters. The first-order chi connectivity index (χ1) is 10.2. The van der Waals surface area contributed by atoms with Gasteiger partial charge in [-0.05, 0) is 67.5 Å². The fourth-order valence-electron chi connectivity index (χ4n) is 2.60. The molecule has 0 bridgehead atoms. The number of nitrogens with zero attached hydrogens (tertiary/aromatic N) is 1. The van der Waals surface area contributed by atoms with Crippen LogP contribution in [0.4, 0.5) is 0 Å². The van der Waals surface area contributed by atoms with Crippen molar-refractivity contribution in [2.75, 3.05) is 6.61 Å². The van der Waals surface area contributed by atoms with Gasteiger partial charge in [-0.15, -0.1) is 0 Å². The summed E-state index contributed by atoms with van der Waals surface area (Å²) < 4.78 is 6.37. The van der Waals surface area contributed by atoms with Gasteiger partial charge in [0.05, 0.1) is 12.3 Å². The summed E-state index contributed by atoms with van der Waals surface area (Å²) in [5, 5.41) is 8.24. The standard InChI is InChI=1S/C17H29N2OSSi/c1-17(2,3)22(4,5)20-12-14-8-6-7-13(9-14)10-15-11-18-16(21)19-15/h8,11,13H,6-7,9-10,12H2,1-5H3,(H,18,21). The molecule has 123 valence electrons. The highest BCUT2D eigenvalue weighted by Crippen LogP contribution is 2.37. The highest BCUT2D eigenvalue weighted by atomic mass is 32.1.